The molecule has 0 saturated carbocycles. The number of amides is 2. The lowest BCUT2D eigenvalue weighted by atomic mass is 10.2. The predicted molar refractivity (Wildman–Crippen MR) is 83.9 cm³/mol. The lowest BCUT2D eigenvalue weighted by Gasteiger charge is -2.32. The molecule has 5 heteroatoms. The van der Waals surface area contributed by atoms with Crippen molar-refractivity contribution in [2.24, 2.45) is 4.99 Å². The molecular formula is C16H21N3O2. The minimum absolute atomic E-state index is 0.116. The quantitative estimate of drug-likeness (QED) is 0.802. The van der Waals surface area contributed by atoms with Crippen molar-refractivity contribution in [3.05, 3.63) is 42.1 Å². The highest BCUT2D eigenvalue weighted by Crippen LogP contribution is 2.24. The second kappa shape index (κ2) is 6.10. The van der Waals surface area contributed by atoms with E-state index in [0.29, 0.717) is 18.8 Å². The van der Waals surface area contributed by atoms with Crippen molar-refractivity contribution in [1.82, 2.24) is 9.80 Å². The van der Waals surface area contributed by atoms with E-state index in [9.17, 15) is 4.79 Å². The molecule has 0 atom stereocenters. The van der Waals surface area contributed by atoms with Crippen LogP contribution in [0, 0.1) is 0 Å². The molecule has 0 aliphatic carbocycles. The van der Waals surface area contributed by atoms with Gasteiger partial charge in [0, 0.05) is 25.4 Å². The first kappa shape index (κ1) is 15.3. The van der Waals surface area contributed by atoms with Crippen LogP contribution in [-0.2, 0) is 4.74 Å². The number of hydrogen-bond acceptors (Lipinski definition) is 3. The molecule has 1 fully saturated rings. The van der Waals surface area contributed by atoms with Gasteiger partial charge < -0.3 is 9.64 Å². The van der Waals surface area contributed by atoms with Crippen molar-refractivity contribution in [1.29, 1.82) is 0 Å². The van der Waals surface area contributed by atoms with Crippen molar-refractivity contribution < 1.29 is 9.53 Å². The minimum Gasteiger partial charge on any atom is -0.354 e. The molecule has 21 heavy (non-hydrogen) atoms. The topological polar surface area (TPSA) is 45.1 Å². The molecule has 0 spiro atoms. The number of carbonyl (C=O) groups is 1. The normalized spacial score (nSPS) is 17.7. The fourth-order valence-corrected chi connectivity index (χ4v) is 2.30. The van der Waals surface area contributed by atoms with Gasteiger partial charge >= 0.3 is 6.03 Å². The fourth-order valence-electron chi connectivity index (χ4n) is 2.30. The molecular weight excluding hydrogens is 266 g/mol. The molecule has 5 nitrogen and oxygen atoms in total. The highest BCUT2D eigenvalue weighted by atomic mass is 16.5. The van der Waals surface area contributed by atoms with E-state index in [1.54, 1.807) is 18.1 Å². The Morgan fingerprint density at radius 1 is 1.43 bits per heavy atom. The largest absolute Gasteiger partial charge is 0.354 e. The van der Waals surface area contributed by atoms with Gasteiger partial charge in [-0.2, -0.15) is 0 Å². The van der Waals surface area contributed by atoms with Gasteiger partial charge in [0.25, 0.3) is 0 Å². The zero-order chi connectivity index (χ0) is 15.5. The van der Waals surface area contributed by atoms with Crippen molar-refractivity contribution in [3.63, 3.8) is 0 Å². The molecule has 2 rings (SSSR count). The van der Waals surface area contributed by atoms with Crippen LogP contribution in [0.4, 0.5) is 4.79 Å². The van der Waals surface area contributed by atoms with Crippen LogP contribution in [0.5, 0.6) is 0 Å². The molecule has 0 unspecified atom stereocenters. The third-order valence-electron chi connectivity index (χ3n) is 3.51. The highest BCUT2D eigenvalue weighted by Gasteiger charge is 2.37. The summed E-state index contributed by atoms with van der Waals surface area (Å²) in [6, 6.07) is 9.53. The van der Waals surface area contributed by atoms with Crippen molar-refractivity contribution in [3.8, 4) is 0 Å². The number of nitrogens with zero attached hydrogens (tertiary/aromatic N) is 3. The third-order valence-corrected chi connectivity index (χ3v) is 3.51. The molecule has 0 N–H and O–H groups in total. The Bertz CT molecular complexity index is 552. The van der Waals surface area contributed by atoms with Crippen LogP contribution < -0.4 is 0 Å². The number of carbonyl (C=O) groups excluding carboxylic acids is 1. The minimum atomic E-state index is -0.576. The molecule has 0 bridgehead atoms. The average molecular weight is 287 g/mol. The van der Waals surface area contributed by atoms with E-state index in [0.717, 1.165) is 5.56 Å². The zero-order valence-electron chi connectivity index (χ0n) is 12.7. The summed E-state index contributed by atoms with van der Waals surface area (Å²) in [5.41, 5.74) is 1.00. The number of rotatable bonds is 3. The summed E-state index contributed by atoms with van der Waals surface area (Å²) in [6.07, 6.45) is 1.69. The van der Waals surface area contributed by atoms with E-state index in [4.69, 9.17) is 4.74 Å². The van der Waals surface area contributed by atoms with Gasteiger partial charge in [0.05, 0.1) is 12.3 Å². The van der Waals surface area contributed by atoms with Gasteiger partial charge in [0.2, 0.25) is 0 Å². The second-order valence-corrected chi connectivity index (χ2v) is 5.38. The SMILES string of the molecule is C=NC(=CN(C)C(=O)N1CCOC1(C)C)c1ccccc1. The van der Waals surface area contributed by atoms with E-state index in [-0.39, 0.29) is 6.03 Å². The lowest BCUT2D eigenvalue weighted by Crippen LogP contribution is -2.47. The lowest BCUT2D eigenvalue weighted by molar-refractivity contribution is -0.0340. The Morgan fingerprint density at radius 3 is 2.62 bits per heavy atom. The number of benzene rings is 1. The standard InChI is InChI=1S/C16H21N3O2/c1-16(2)19(10-11-21-16)15(20)18(4)12-14(17-3)13-8-6-5-7-9-13/h5-9,12H,3,10-11H2,1-2,4H3. The van der Waals surface area contributed by atoms with E-state index in [2.05, 4.69) is 11.7 Å². The number of aliphatic imine (C=N–C) groups is 1. The molecule has 1 aliphatic heterocycles. The van der Waals surface area contributed by atoms with Crippen LogP contribution >= 0.6 is 0 Å². The highest BCUT2D eigenvalue weighted by molar-refractivity contribution is 5.79. The van der Waals surface area contributed by atoms with Gasteiger partial charge in [0.1, 0.15) is 5.72 Å². The third kappa shape index (κ3) is 3.31. The van der Waals surface area contributed by atoms with Crippen LogP contribution in [-0.4, -0.2) is 48.5 Å². The van der Waals surface area contributed by atoms with E-state index < -0.39 is 5.72 Å². The second-order valence-electron chi connectivity index (χ2n) is 5.38. The van der Waals surface area contributed by atoms with Crippen LogP contribution in [0.15, 0.2) is 41.5 Å². The number of ether oxygens (including phenoxy) is 1. The smallest absolute Gasteiger partial charge is 0.326 e. The van der Waals surface area contributed by atoms with Gasteiger partial charge in [-0.05, 0) is 20.6 Å². The molecule has 0 radical (unpaired) electrons. The molecule has 1 saturated heterocycles. The molecule has 2 amide bonds. The summed E-state index contributed by atoms with van der Waals surface area (Å²) in [4.78, 5) is 19.7. The van der Waals surface area contributed by atoms with E-state index in [1.807, 2.05) is 44.2 Å². The van der Waals surface area contributed by atoms with Gasteiger partial charge in [-0.25, -0.2) is 4.79 Å². The number of hydrogen-bond donors (Lipinski definition) is 0. The Hall–Kier alpha value is -2.14. The first-order chi connectivity index (χ1) is 9.95. The fraction of sp³-hybridized carbons (Fsp3) is 0.375. The molecule has 1 aromatic rings. The number of urea groups is 1. The average Bonchev–Trinajstić information content (AvgIpc) is 2.84. The first-order valence-electron chi connectivity index (χ1n) is 6.88. The summed E-state index contributed by atoms with van der Waals surface area (Å²) < 4.78 is 5.56. The summed E-state index contributed by atoms with van der Waals surface area (Å²) in [5.74, 6) is 0. The van der Waals surface area contributed by atoms with Gasteiger partial charge in [0.15, 0.2) is 0 Å². The summed E-state index contributed by atoms with van der Waals surface area (Å²) in [5, 5.41) is 0. The monoisotopic (exact) mass is 287 g/mol. The van der Waals surface area contributed by atoms with Gasteiger partial charge in [-0.3, -0.25) is 9.89 Å². The van der Waals surface area contributed by atoms with Crippen LogP contribution in [0.2, 0.25) is 0 Å². The molecule has 1 aromatic carbocycles. The Balaban J connectivity index is 2.19. The van der Waals surface area contributed by atoms with Crippen LogP contribution in [0.3, 0.4) is 0 Å². The molecule has 1 aliphatic rings. The van der Waals surface area contributed by atoms with E-state index in [1.165, 1.54) is 4.90 Å². The van der Waals surface area contributed by atoms with Crippen molar-refractivity contribution >= 4 is 18.4 Å². The van der Waals surface area contributed by atoms with E-state index >= 15 is 0 Å². The van der Waals surface area contributed by atoms with Crippen LogP contribution in [0.25, 0.3) is 5.70 Å². The predicted octanol–water partition coefficient (Wildman–Crippen LogP) is 2.81. The van der Waals surface area contributed by atoms with Crippen molar-refractivity contribution in [2.45, 2.75) is 19.6 Å². The maximum absolute atomic E-state index is 12.5. The Labute approximate surface area is 125 Å². The van der Waals surface area contributed by atoms with Crippen LogP contribution in [0.1, 0.15) is 19.4 Å². The maximum atomic E-state index is 12.5. The van der Waals surface area contributed by atoms with Gasteiger partial charge in [-0.1, -0.05) is 30.3 Å². The molecule has 0 aromatic heterocycles. The molecule has 112 valence electrons. The summed E-state index contributed by atoms with van der Waals surface area (Å²) in [6.45, 7) is 8.50. The summed E-state index contributed by atoms with van der Waals surface area (Å²) in [7, 11) is 1.71. The molecule has 1 heterocycles. The van der Waals surface area contributed by atoms with Gasteiger partial charge in [-0.15, -0.1) is 0 Å². The summed E-state index contributed by atoms with van der Waals surface area (Å²) >= 11 is 0. The Kier molecular flexibility index (Phi) is 4.43. The Morgan fingerprint density at radius 2 is 2.10 bits per heavy atom. The zero-order valence-corrected chi connectivity index (χ0v) is 12.7. The van der Waals surface area contributed by atoms with Crippen molar-refractivity contribution in [2.75, 3.05) is 20.2 Å². The maximum Gasteiger partial charge on any atom is 0.326 e. The first-order valence-corrected chi connectivity index (χ1v) is 6.88.